The van der Waals surface area contributed by atoms with Gasteiger partial charge in [-0.05, 0) is 6.42 Å². The first kappa shape index (κ1) is 13.2. The molecule has 0 radical (unpaired) electrons. The standard InChI is InChI=1S/C11H19N3OS2/c1-3-4-14-9(7-12-13-14)10(15)11-8(2)16-5-6-17-11/h7-8,10-11,15H,3-6H2,1-2H3. The highest BCUT2D eigenvalue weighted by molar-refractivity contribution is 8.07. The minimum atomic E-state index is -0.454. The summed E-state index contributed by atoms with van der Waals surface area (Å²) >= 11 is 3.80. The molecule has 17 heavy (non-hydrogen) atoms. The summed E-state index contributed by atoms with van der Waals surface area (Å²) in [5.74, 6) is 2.30. The van der Waals surface area contributed by atoms with E-state index in [2.05, 4.69) is 24.2 Å². The summed E-state index contributed by atoms with van der Waals surface area (Å²) in [6.07, 6.45) is 2.25. The minimum Gasteiger partial charge on any atom is -0.386 e. The topological polar surface area (TPSA) is 50.9 Å². The summed E-state index contributed by atoms with van der Waals surface area (Å²) in [4.78, 5) is 0. The molecule has 3 atom stereocenters. The molecule has 1 aromatic heterocycles. The molecule has 6 heteroatoms. The van der Waals surface area contributed by atoms with E-state index in [1.165, 1.54) is 5.75 Å². The molecule has 1 fully saturated rings. The van der Waals surface area contributed by atoms with Gasteiger partial charge in [0, 0.05) is 28.6 Å². The lowest BCUT2D eigenvalue weighted by molar-refractivity contribution is 0.162. The van der Waals surface area contributed by atoms with E-state index in [0.717, 1.165) is 24.4 Å². The Morgan fingerprint density at radius 2 is 2.29 bits per heavy atom. The fourth-order valence-electron chi connectivity index (χ4n) is 2.04. The van der Waals surface area contributed by atoms with Crippen LogP contribution in [0.2, 0.25) is 0 Å². The summed E-state index contributed by atoms with van der Waals surface area (Å²) in [7, 11) is 0. The maximum absolute atomic E-state index is 10.5. The second kappa shape index (κ2) is 6.11. The second-order valence-electron chi connectivity index (χ2n) is 4.24. The zero-order chi connectivity index (χ0) is 12.3. The normalized spacial score (nSPS) is 27.0. The third kappa shape index (κ3) is 2.98. The van der Waals surface area contributed by atoms with Crippen LogP contribution in [0.3, 0.4) is 0 Å². The molecule has 0 aliphatic carbocycles. The molecule has 0 aromatic carbocycles. The van der Waals surface area contributed by atoms with Gasteiger partial charge in [-0.2, -0.15) is 23.5 Å². The predicted molar refractivity (Wildman–Crippen MR) is 73.4 cm³/mol. The van der Waals surface area contributed by atoms with Crippen LogP contribution in [-0.2, 0) is 6.54 Å². The number of hydrogen-bond donors (Lipinski definition) is 1. The van der Waals surface area contributed by atoms with E-state index in [0.29, 0.717) is 5.25 Å². The van der Waals surface area contributed by atoms with Gasteiger partial charge in [-0.15, -0.1) is 5.10 Å². The van der Waals surface area contributed by atoms with Crippen molar-refractivity contribution in [1.82, 2.24) is 15.0 Å². The average molecular weight is 273 g/mol. The Kier molecular flexibility index (Phi) is 4.76. The zero-order valence-corrected chi connectivity index (χ0v) is 11.9. The van der Waals surface area contributed by atoms with Crippen molar-refractivity contribution >= 4 is 23.5 Å². The van der Waals surface area contributed by atoms with Gasteiger partial charge in [0.15, 0.2) is 0 Å². The van der Waals surface area contributed by atoms with E-state index in [1.54, 1.807) is 6.20 Å². The first-order valence-electron chi connectivity index (χ1n) is 6.03. The molecular formula is C11H19N3OS2. The van der Waals surface area contributed by atoms with Crippen LogP contribution in [0, 0.1) is 0 Å². The summed E-state index contributed by atoms with van der Waals surface area (Å²) in [6.45, 7) is 5.12. The van der Waals surface area contributed by atoms with E-state index >= 15 is 0 Å². The van der Waals surface area contributed by atoms with Crippen molar-refractivity contribution in [3.63, 3.8) is 0 Å². The smallest absolute Gasteiger partial charge is 0.110 e. The van der Waals surface area contributed by atoms with Crippen molar-refractivity contribution in [3.05, 3.63) is 11.9 Å². The minimum absolute atomic E-state index is 0.253. The van der Waals surface area contributed by atoms with Crippen LogP contribution in [-0.4, -0.2) is 42.1 Å². The molecule has 4 nitrogen and oxygen atoms in total. The fourth-order valence-corrected chi connectivity index (χ4v) is 4.86. The van der Waals surface area contributed by atoms with Crippen molar-refractivity contribution in [2.24, 2.45) is 0 Å². The number of aliphatic hydroxyl groups is 1. The highest BCUT2D eigenvalue weighted by Crippen LogP contribution is 2.38. The Hall–Kier alpha value is -0.200. The molecule has 0 saturated carbocycles. The van der Waals surface area contributed by atoms with Gasteiger partial charge in [0.1, 0.15) is 6.10 Å². The molecule has 1 N–H and O–H groups in total. The van der Waals surface area contributed by atoms with E-state index in [-0.39, 0.29) is 5.25 Å². The van der Waals surface area contributed by atoms with Crippen LogP contribution in [0.25, 0.3) is 0 Å². The summed E-state index contributed by atoms with van der Waals surface area (Å²) in [5, 5.41) is 19.2. The number of nitrogens with zero attached hydrogens (tertiary/aromatic N) is 3. The summed E-state index contributed by atoms with van der Waals surface area (Å²) in [5.41, 5.74) is 0.860. The molecule has 1 aliphatic heterocycles. The van der Waals surface area contributed by atoms with Gasteiger partial charge in [-0.1, -0.05) is 19.1 Å². The first-order valence-corrected chi connectivity index (χ1v) is 8.13. The van der Waals surface area contributed by atoms with Gasteiger partial charge in [0.2, 0.25) is 0 Å². The SMILES string of the molecule is CCCn1nncc1C(O)C1SCCSC1C. The Morgan fingerprint density at radius 3 is 3.00 bits per heavy atom. The van der Waals surface area contributed by atoms with Crippen molar-refractivity contribution in [2.75, 3.05) is 11.5 Å². The third-order valence-corrected chi connectivity index (χ3v) is 6.11. The van der Waals surface area contributed by atoms with Crippen LogP contribution in [0.4, 0.5) is 0 Å². The van der Waals surface area contributed by atoms with Gasteiger partial charge >= 0.3 is 0 Å². The number of aliphatic hydroxyl groups excluding tert-OH is 1. The highest BCUT2D eigenvalue weighted by atomic mass is 32.2. The van der Waals surface area contributed by atoms with Gasteiger partial charge in [-0.3, -0.25) is 0 Å². The van der Waals surface area contributed by atoms with E-state index in [4.69, 9.17) is 0 Å². The molecule has 3 unspecified atom stereocenters. The van der Waals surface area contributed by atoms with Crippen molar-refractivity contribution in [3.8, 4) is 0 Å². The Bertz CT molecular complexity index is 358. The largest absolute Gasteiger partial charge is 0.386 e. The number of thioether (sulfide) groups is 2. The maximum atomic E-state index is 10.5. The number of aromatic nitrogens is 3. The quantitative estimate of drug-likeness (QED) is 0.909. The van der Waals surface area contributed by atoms with Crippen LogP contribution < -0.4 is 0 Å². The molecule has 0 bridgehead atoms. The zero-order valence-electron chi connectivity index (χ0n) is 10.2. The van der Waals surface area contributed by atoms with Gasteiger partial charge < -0.3 is 5.11 Å². The van der Waals surface area contributed by atoms with Gasteiger partial charge in [0.25, 0.3) is 0 Å². The molecule has 1 aliphatic rings. The molecule has 0 amide bonds. The van der Waals surface area contributed by atoms with Crippen molar-refractivity contribution in [2.45, 2.75) is 43.4 Å². The van der Waals surface area contributed by atoms with Crippen LogP contribution in [0.1, 0.15) is 32.1 Å². The van der Waals surface area contributed by atoms with Gasteiger partial charge in [0.05, 0.1) is 11.9 Å². The summed E-state index contributed by atoms with van der Waals surface area (Å²) in [6, 6.07) is 0. The first-order chi connectivity index (χ1) is 8.24. The molecule has 96 valence electrons. The molecule has 1 saturated heterocycles. The number of hydrogen-bond acceptors (Lipinski definition) is 5. The number of aryl methyl sites for hydroxylation is 1. The van der Waals surface area contributed by atoms with E-state index in [9.17, 15) is 5.11 Å². The fraction of sp³-hybridized carbons (Fsp3) is 0.818. The van der Waals surface area contributed by atoms with Crippen molar-refractivity contribution < 1.29 is 5.11 Å². The number of rotatable bonds is 4. The predicted octanol–water partition coefficient (Wildman–Crippen LogP) is 1.96. The molecule has 1 aromatic rings. The highest BCUT2D eigenvalue weighted by Gasteiger charge is 2.32. The Labute approximate surface area is 111 Å². The maximum Gasteiger partial charge on any atom is 0.110 e. The van der Waals surface area contributed by atoms with Crippen LogP contribution >= 0.6 is 23.5 Å². The third-order valence-electron chi connectivity index (χ3n) is 2.93. The lowest BCUT2D eigenvalue weighted by atomic mass is 10.1. The monoisotopic (exact) mass is 273 g/mol. The summed E-state index contributed by atoms with van der Waals surface area (Å²) < 4.78 is 1.83. The Balaban J connectivity index is 2.11. The average Bonchev–Trinajstić information content (AvgIpc) is 2.78. The van der Waals surface area contributed by atoms with Crippen LogP contribution in [0.15, 0.2) is 6.20 Å². The molecule has 0 spiro atoms. The van der Waals surface area contributed by atoms with E-state index < -0.39 is 6.10 Å². The molecular weight excluding hydrogens is 254 g/mol. The van der Waals surface area contributed by atoms with Crippen LogP contribution in [0.5, 0.6) is 0 Å². The molecule has 2 rings (SSSR count). The molecule has 2 heterocycles. The second-order valence-corrected chi connectivity index (χ2v) is 7.01. The lowest BCUT2D eigenvalue weighted by Crippen LogP contribution is -2.30. The Morgan fingerprint density at radius 1 is 1.53 bits per heavy atom. The van der Waals surface area contributed by atoms with E-state index in [1.807, 2.05) is 28.2 Å². The van der Waals surface area contributed by atoms with Gasteiger partial charge in [-0.25, -0.2) is 4.68 Å². The lowest BCUT2D eigenvalue weighted by Gasteiger charge is -2.31. The van der Waals surface area contributed by atoms with Crippen molar-refractivity contribution in [1.29, 1.82) is 0 Å².